The zero-order valence-corrected chi connectivity index (χ0v) is 16.4. The van der Waals surface area contributed by atoms with Gasteiger partial charge in [0.2, 0.25) is 0 Å². The number of amides is 1. The normalized spacial score (nSPS) is 16.4. The second-order valence-corrected chi connectivity index (χ2v) is 6.61. The van der Waals surface area contributed by atoms with Crippen LogP contribution < -0.4 is 10.2 Å². The van der Waals surface area contributed by atoms with E-state index < -0.39 is 0 Å². The van der Waals surface area contributed by atoms with Crippen molar-refractivity contribution >= 4 is 11.6 Å². The molecule has 1 heterocycles. The topological polar surface area (TPSA) is 63.2 Å². The molecule has 0 aromatic heterocycles. The van der Waals surface area contributed by atoms with Crippen LogP contribution in [0.1, 0.15) is 35.8 Å². The molecule has 1 saturated heterocycles. The number of carbonyl (C=O) groups excluding carboxylic acids is 1. The van der Waals surface area contributed by atoms with Crippen LogP contribution in [0.4, 0.5) is 0 Å². The van der Waals surface area contributed by atoms with Crippen LogP contribution in [0, 0.1) is 0 Å². The molecule has 0 saturated carbocycles. The summed E-state index contributed by atoms with van der Waals surface area (Å²) in [5.41, 5.74) is 5.23. The van der Waals surface area contributed by atoms with Crippen molar-refractivity contribution < 1.29 is 14.3 Å². The lowest BCUT2D eigenvalue weighted by Gasteiger charge is -2.34. The minimum absolute atomic E-state index is 0.00531. The molecule has 1 N–H and O–H groups in total. The Balaban J connectivity index is 1.73. The van der Waals surface area contributed by atoms with Gasteiger partial charge in [0.05, 0.1) is 31.6 Å². The van der Waals surface area contributed by atoms with Gasteiger partial charge in [-0.15, -0.1) is 0 Å². The molecule has 2 aromatic rings. The van der Waals surface area contributed by atoms with Crippen LogP contribution >= 0.6 is 0 Å². The maximum Gasteiger partial charge on any atom is 0.271 e. The Hall–Kier alpha value is -2.70. The molecule has 0 aliphatic carbocycles. The number of hydrogen-bond donors (Lipinski definition) is 1. The summed E-state index contributed by atoms with van der Waals surface area (Å²) in [7, 11) is 0. The average Bonchev–Trinajstić information content (AvgIpc) is 2.74. The molecule has 148 valence electrons. The molecule has 6 nitrogen and oxygen atoms in total. The molecule has 0 unspecified atom stereocenters. The van der Waals surface area contributed by atoms with Gasteiger partial charge in [0.15, 0.2) is 0 Å². The van der Waals surface area contributed by atoms with Gasteiger partial charge < -0.3 is 9.47 Å². The van der Waals surface area contributed by atoms with E-state index in [2.05, 4.69) is 27.6 Å². The van der Waals surface area contributed by atoms with Gasteiger partial charge in [0.25, 0.3) is 5.91 Å². The van der Waals surface area contributed by atoms with E-state index in [9.17, 15) is 4.79 Å². The van der Waals surface area contributed by atoms with Crippen molar-refractivity contribution in [2.24, 2.45) is 5.10 Å². The van der Waals surface area contributed by atoms with E-state index in [0.717, 1.165) is 30.1 Å². The van der Waals surface area contributed by atoms with Crippen LogP contribution in [0.3, 0.4) is 0 Å². The summed E-state index contributed by atoms with van der Waals surface area (Å²) in [6.07, 6.45) is 0. The fourth-order valence-corrected chi connectivity index (χ4v) is 3.32. The number of ether oxygens (including phenoxy) is 2. The van der Waals surface area contributed by atoms with E-state index in [1.807, 2.05) is 32.0 Å². The predicted molar refractivity (Wildman–Crippen MR) is 110 cm³/mol. The molecular weight excluding hydrogens is 354 g/mol. The van der Waals surface area contributed by atoms with Crippen molar-refractivity contribution in [2.45, 2.75) is 19.9 Å². The summed E-state index contributed by atoms with van der Waals surface area (Å²) in [5, 5.41) is 4.41. The molecule has 2 aromatic carbocycles. The van der Waals surface area contributed by atoms with E-state index >= 15 is 0 Å². The highest BCUT2D eigenvalue weighted by Crippen LogP contribution is 2.23. The Bertz CT molecular complexity index is 784. The zero-order valence-electron chi connectivity index (χ0n) is 16.4. The first-order valence-electron chi connectivity index (χ1n) is 9.63. The van der Waals surface area contributed by atoms with Crippen LogP contribution in [-0.2, 0) is 4.74 Å². The third-order valence-corrected chi connectivity index (χ3v) is 4.68. The van der Waals surface area contributed by atoms with Gasteiger partial charge in [-0.2, -0.15) is 5.10 Å². The summed E-state index contributed by atoms with van der Waals surface area (Å²) in [5.74, 6) is 0.506. The highest BCUT2D eigenvalue weighted by atomic mass is 16.5. The molecule has 28 heavy (non-hydrogen) atoms. The van der Waals surface area contributed by atoms with Gasteiger partial charge in [0.1, 0.15) is 5.75 Å². The van der Waals surface area contributed by atoms with Crippen molar-refractivity contribution in [3.63, 3.8) is 0 Å². The number of nitrogens with one attached hydrogen (secondary N) is 1. The average molecular weight is 381 g/mol. The molecular formula is C22H27N3O3. The molecule has 0 spiro atoms. The van der Waals surface area contributed by atoms with Crippen LogP contribution in [0.15, 0.2) is 59.7 Å². The molecule has 3 rings (SSSR count). The maximum atomic E-state index is 12.5. The second-order valence-electron chi connectivity index (χ2n) is 6.61. The molecule has 1 fully saturated rings. The lowest BCUT2D eigenvalue weighted by Crippen LogP contribution is -2.42. The van der Waals surface area contributed by atoms with Gasteiger partial charge in [-0.3, -0.25) is 9.69 Å². The lowest BCUT2D eigenvalue weighted by molar-refractivity contribution is 0.0285. The standard InChI is InChI=1S/C22H27N3O3/c1-3-28-20-11-9-19(10-12-20)22(26)24-23-17(2)21(18-7-5-4-6-8-18)25-13-15-27-16-14-25/h4-12,21H,3,13-16H2,1-2H3,(H,24,26)/b23-17-/t21-/m0/s1. The summed E-state index contributed by atoms with van der Waals surface area (Å²) < 4.78 is 10.9. The van der Waals surface area contributed by atoms with E-state index in [4.69, 9.17) is 9.47 Å². The number of morpholine rings is 1. The van der Waals surface area contributed by atoms with E-state index in [-0.39, 0.29) is 11.9 Å². The Kier molecular flexibility index (Phi) is 7.17. The van der Waals surface area contributed by atoms with E-state index in [1.54, 1.807) is 24.3 Å². The number of nitrogens with zero attached hydrogens (tertiary/aromatic N) is 2. The SMILES string of the molecule is CCOc1ccc(C(=O)N/N=C(/C)[C@@H](c2ccccc2)N2CCOCC2)cc1. The van der Waals surface area contributed by atoms with E-state index in [1.165, 1.54) is 0 Å². The zero-order chi connectivity index (χ0) is 19.8. The third kappa shape index (κ3) is 5.18. The summed E-state index contributed by atoms with van der Waals surface area (Å²) in [6, 6.07) is 17.3. The molecule has 1 atom stereocenters. The number of carbonyl (C=O) groups is 1. The Morgan fingerprint density at radius 3 is 2.46 bits per heavy atom. The summed E-state index contributed by atoms with van der Waals surface area (Å²) in [6.45, 7) is 7.54. The van der Waals surface area contributed by atoms with E-state index in [0.29, 0.717) is 25.4 Å². The molecule has 1 aliphatic rings. The van der Waals surface area contributed by atoms with Crippen LogP contribution in [0.25, 0.3) is 0 Å². The van der Waals surface area contributed by atoms with Gasteiger partial charge in [-0.1, -0.05) is 30.3 Å². The highest BCUT2D eigenvalue weighted by Gasteiger charge is 2.25. The molecule has 6 heteroatoms. The van der Waals surface area contributed by atoms with Gasteiger partial charge >= 0.3 is 0 Å². The highest BCUT2D eigenvalue weighted by molar-refractivity contribution is 5.96. The Labute approximate surface area is 166 Å². The van der Waals surface area contributed by atoms with Crippen molar-refractivity contribution in [2.75, 3.05) is 32.9 Å². The molecule has 0 radical (unpaired) electrons. The van der Waals surface area contributed by atoms with Crippen LogP contribution in [-0.4, -0.2) is 49.4 Å². The number of rotatable bonds is 7. The minimum Gasteiger partial charge on any atom is -0.494 e. The smallest absolute Gasteiger partial charge is 0.271 e. The van der Waals surface area contributed by atoms with Crippen LogP contribution in [0.5, 0.6) is 5.75 Å². The second kappa shape index (κ2) is 10.0. The number of hydrazone groups is 1. The van der Waals surface area contributed by atoms with Crippen molar-refractivity contribution in [1.82, 2.24) is 10.3 Å². The van der Waals surface area contributed by atoms with Gasteiger partial charge in [0, 0.05) is 18.7 Å². The number of benzene rings is 2. The monoisotopic (exact) mass is 381 g/mol. The molecule has 1 amide bonds. The van der Waals surface area contributed by atoms with Crippen molar-refractivity contribution in [3.8, 4) is 5.75 Å². The number of hydrogen-bond acceptors (Lipinski definition) is 5. The summed E-state index contributed by atoms with van der Waals surface area (Å²) >= 11 is 0. The summed E-state index contributed by atoms with van der Waals surface area (Å²) in [4.78, 5) is 14.8. The minimum atomic E-state index is -0.240. The van der Waals surface area contributed by atoms with Gasteiger partial charge in [-0.25, -0.2) is 5.43 Å². The third-order valence-electron chi connectivity index (χ3n) is 4.68. The van der Waals surface area contributed by atoms with Crippen LogP contribution in [0.2, 0.25) is 0 Å². The largest absolute Gasteiger partial charge is 0.494 e. The lowest BCUT2D eigenvalue weighted by atomic mass is 10.0. The quantitative estimate of drug-likeness (QED) is 0.591. The van der Waals surface area contributed by atoms with Crippen molar-refractivity contribution in [1.29, 1.82) is 0 Å². The van der Waals surface area contributed by atoms with Crippen molar-refractivity contribution in [3.05, 3.63) is 65.7 Å². The fourth-order valence-electron chi connectivity index (χ4n) is 3.32. The Morgan fingerprint density at radius 1 is 1.14 bits per heavy atom. The fraction of sp³-hybridized carbons (Fsp3) is 0.364. The Morgan fingerprint density at radius 2 is 1.82 bits per heavy atom. The van der Waals surface area contributed by atoms with Gasteiger partial charge in [-0.05, 0) is 43.7 Å². The molecule has 1 aliphatic heterocycles. The predicted octanol–water partition coefficient (Wildman–Crippen LogP) is 3.26. The molecule has 0 bridgehead atoms. The first kappa shape index (κ1) is 20.0. The maximum absolute atomic E-state index is 12.5. The first-order chi connectivity index (χ1) is 13.7. The first-order valence-corrected chi connectivity index (χ1v) is 9.63.